The summed E-state index contributed by atoms with van der Waals surface area (Å²) in [5.41, 5.74) is 2.99. The maximum atomic E-state index is 12.6. The van der Waals surface area contributed by atoms with E-state index in [-0.39, 0.29) is 5.91 Å². The lowest BCUT2D eigenvalue weighted by atomic mass is 10.1. The lowest BCUT2D eigenvalue weighted by Crippen LogP contribution is -2.49. The van der Waals surface area contributed by atoms with Gasteiger partial charge >= 0.3 is 0 Å². The van der Waals surface area contributed by atoms with Gasteiger partial charge in [-0.2, -0.15) is 0 Å². The molecule has 0 saturated carbocycles. The van der Waals surface area contributed by atoms with Crippen LogP contribution in [0.15, 0.2) is 41.8 Å². The summed E-state index contributed by atoms with van der Waals surface area (Å²) >= 11 is 7.50. The fourth-order valence-electron chi connectivity index (χ4n) is 3.33. The second-order valence-electron chi connectivity index (χ2n) is 6.84. The first-order valence-electron chi connectivity index (χ1n) is 9.22. The number of hydrogen-bond acceptors (Lipinski definition) is 5. The molecule has 0 aliphatic carbocycles. The average molecular weight is 413 g/mol. The van der Waals surface area contributed by atoms with Crippen LogP contribution in [0.25, 0.3) is 11.4 Å². The van der Waals surface area contributed by atoms with Gasteiger partial charge in [-0.3, -0.25) is 4.79 Å². The Bertz CT molecular complexity index is 980. The van der Waals surface area contributed by atoms with E-state index in [2.05, 4.69) is 16.8 Å². The van der Waals surface area contributed by atoms with Crippen LogP contribution in [0.4, 0.5) is 5.82 Å². The van der Waals surface area contributed by atoms with E-state index in [0.29, 0.717) is 23.9 Å². The molecule has 3 heterocycles. The molecular formula is C21H21ClN4OS. The molecule has 1 aromatic carbocycles. The van der Waals surface area contributed by atoms with Crippen LogP contribution >= 0.6 is 22.9 Å². The highest BCUT2D eigenvalue weighted by atomic mass is 35.5. The summed E-state index contributed by atoms with van der Waals surface area (Å²) in [7, 11) is 0. The average Bonchev–Trinajstić information content (AvgIpc) is 3.25. The molecule has 3 aromatic rings. The van der Waals surface area contributed by atoms with Crippen molar-refractivity contribution in [3.8, 4) is 11.4 Å². The fraction of sp³-hybridized carbons (Fsp3) is 0.286. The van der Waals surface area contributed by atoms with Crippen molar-refractivity contribution in [2.24, 2.45) is 0 Å². The van der Waals surface area contributed by atoms with Crippen LogP contribution < -0.4 is 4.90 Å². The molecule has 0 unspecified atom stereocenters. The zero-order valence-electron chi connectivity index (χ0n) is 15.9. The fourth-order valence-corrected chi connectivity index (χ4v) is 4.14. The number of anilines is 1. The molecule has 0 bridgehead atoms. The number of benzene rings is 1. The molecule has 4 rings (SSSR count). The van der Waals surface area contributed by atoms with E-state index in [9.17, 15) is 4.79 Å². The normalized spacial score (nSPS) is 14.4. The standard InChI is InChI=1S/C21H21ClN4OS/c1-14-15(2)23-19(16-5-7-17(22)8-6-16)24-20(14)25-9-11-26(12-10-25)21(27)18-4-3-13-28-18/h3-8,13H,9-12H2,1-2H3. The number of piperazine rings is 1. The monoisotopic (exact) mass is 412 g/mol. The van der Waals surface area contributed by atoms with Gasteiger partial charge in [0.1, 0.15) is 5.82 Å². The van der Waals surface area contributed by atoms with E-state index < -0.39 is 0 Å². The molecule has 1 aliphatic rings. The van der Waals surface area contributed by atoms with Gasteiger partial charge in [0.05, 0.1) is 4.88 Å². The Labute approximate surface area is 173 Å². The molecule has 1 saturated heterocycles. The van der Waals surface area contributed by atoms with Gasteiger partial charge < -0.3 is 9.80 Å². The molecule has 1 amide bonds. The first kappa shape index (κ1) is 18.9. The van der Waals surface area contributed by atoms with Crippen LogP contribution in [-0.2, 0) is 0 Å². The Morgan fingerprint density at radius 1 is 1.04 bits per heavy atom. The molecule has 0 atom stereocenters. The van der Waals surface area contributed by atoms with Gasteiger partial charge in [0.2, 0.25) is 0 Å². The van der Waals surface area contributed by atoms with Crippen LogP contribution in [0.3, 0.4) is 0 Å². The zero-order valence-corrected chi connectivity index (χ0v) is 17.4. The Hall–Kier alpha value is -2.44. The van der Waals surface area contributed by atoms with Crippen molar-refractivity contribution in [3.05, 3.63) is 62.9 Å². The number of carbonyl (C=O) groups is 1. The maximum absolute atomic E-state index is 12.6. The first-order chi connectivity index (χ1) is 13.5. The summed E-state index contributed by atoms with van der Waals surface area (Å²) in [5.74, 6) is 1.76. The van der Waals surface area contributed by atoms with Gasteiger partial charge in [-0.1, -0.05) is 17.7 Å². The van der Waals surface area contributed by atoms with Crippen molar-refractivity contribution in [2.45, 2.75) is 13.8 Å². The summed E-state index contributed by atoms with van der Waals surface area (Å²) in [6.45, 7) is 6.96. The highest BCUT2D eigenvalue weighted by molar-refractivity contribution is 7.12. The largest absolute Gasteiger partial charge is 0.353 e. The van der Waals surface area contributed by atoms with Gasteiger partial charge in [0.25, 0.3) is 5.91 Å². The zero-order chi connectivity index (χ0) is 19.7. The third kappa shape index (κ3) is 3.75. The number of thiophene rings is 1. The molecule has 0 N–H and O–H groups in total. The molecule has 7 heteroatoms. The minimum Gasteiger partial charge on any atom is -0.353 e. The highest BCUT2D eigenvalue weighted by Gasteiger charge is 2.25. The van der Waals surface area contributed by atoms with Crippen LogP contribution in [0.5, 0.6) is 0 Å². The summed E-state index contributed by atoms with van der Waals surface area (Å²) in [6, 6.07) is 11.4. The molecule has 1 aliphatic heterocycles. The van der Waals surface area contributed by atoms with E-state index in [1.807, 2.05) is 53.6 Å². The number of aromatic nitrogens is 2. The van der Waals surface area contributed by atoms with Gasteiger partial charge in [-0.25, -0.2) is 9.97 Å². The van der Waals surface area contributed by atoms with E-state index in [4.69, 9.17) is 16.6 Å². The second kappa shape index (κ2) is 7.89. The third-order valence-electron chi connectivity index (χ3n) is 5.06. The molecular weight excluding hydrogens is 392 g/mol. The highest BCUT2D eigenvalue weighted by Crippen LogP contribution is 2.26. The van der Waals surface area contributed by atoms with Gasteiger partial charge in [0, 0.05) is 48.0 Å². The van der Waals surface area contributed by atoms with E-state index in [0.717, 1.165) is 40.6 Å². The molecule has 144 valence electrons. The topological polar surface area (TPSA) is 49.3 Å². The smallest absolute Gasteiger partial charge is 0.264 e. The van der Waals surface area contributed by atoms with Crippen molar-refractivity contribution in [2.75, 3.05) is 31.1 Å². The van der Waals surface area contributed by atoms with Gasteiger partial charge in [0.15, 0.2) is 5.82 Å². The number of hydrogen-bond donors (Lipinski definition) is 0. The predicted octanol–water partition coefficient (Wildman–Crippen LogP) is 4.44. The Morgan fingerprint density at radius 3 is 2.39 bits per heavy atom. The Morgan fingerprint density at radius 2 is 1.75 bits per heavy atom. The van der Waals surface area contributed by atoms with Crippen LogP contribution in [0, 0.1) is 13.8 Å². The Balaban J connectivity index is 1.55. The van der Waals surface area contributed by atoms with Crippen LogP contribution in [0.2, 0.25) is 5.02 Å². The molecule has 0 spiro atoms. The number of aryl methyl sites for hydroxylation is 1. The van der Waals surface area contributed by atoms with E-state index >= 15 is 0 Å². The maximum Gasteiger partial charge on any atom is 0.264 e. The number of rotatable bonds is 3. The molecule has 0 radical (unpaired) electrons. The number of carbonyl (C=O) groups excluding carboxylic acids is 1. The Kier molecular flexibility index (Phi) is 5.33. The minimum atomic E-state index is 0.118. The minimum absolute atomic E-state index is 0.118. The lowest BCUT2D eigenvalue weighted by molar-refractivity contribution is 0.0751. The molecule has 2 aromatic heterocycles. The SMILES string of the molecule is Cc1nc(-c2ccc(Cl)cc2)nc(N2CCN(C(=O)c3cccs3)CC2)c1C. The molecule has 5 nitrogen and oxygen atoms in total. The van der Waals surface area contributed by atoms with E-state index in [1.165, 1.54) is 11.3 Å². The first-order valence-corrected chi connectivity index (χ1v) is 10.5. The summed E-state index contributed by atoms with van der Waals surface area (Å²) in [6.07, 6.45) is 0. The summed E-state index contributed by atoms with van der Waals surface area (Å²) in [4.78, 5) is 27.1. The van der Waals surface area contributed by atoms with Crippen molar-refractivity contribution < 1.29 is 4.79 Å². The molecule has 28 heavy (non-hydrogen) atoms. The van der Waals surface area contributed by atoms with Gasteiger partial charge in [-0.05, 0) is 49.6 Å². The second-order valence-corrected chi connectivity index (χ2v) is 8.23. The van der Waals surface area contributed by atoms with Crippen molar-refractivity contribution in [1.82, 2.24) is 14.9 Å². The van der Waals surface area contributed by atoms with Crippen molar-refractivity contribution in [3.63, 3.8) is 0 Å². The van der Waals surface area contributed by atoms with Crippen molar-refractivity contribution in [1.29, 1.82) is 0 Å². The molecule has 1 fully saturated rings. The van der Waals surface area contributed by atoms with Gasteiger partial charge in [-0.15, -0.1) is 11.3 Å². The quantitative estimate of drug-likeness (QED) is 0.638. The van der Waals surface area contributed by atoms with Crippen LogP contribution in [-0.4, -0.2) is 47.0 Å². The predicted molar refractivity (Wildman–Crippen MR) is 114 cm³/mol. The third-order valence-corrected chi connectivity index (χ3v) is 6.17. The van der Waals surface area contributed by atoms with Crippen LogP contribution in [0.1, 0.15) is 20.9 Å². The number of nitrogens with zero attached hydrogens (tertiary/aromatic N) is 4. The van der Waals surface area contributed by atoms with Crippen molar-refractivity contribution >= 4 is 34.7 Å². The summed E-state index contributed by atoms with van der Waals surface area (Å²) in [5, 5.41) is 2.63. The van der Waals surface area contributed by atoms with E-state index in [1.54, 1.807) is 0 Å². The number of halogens is 1. The lowest BCUT2D eigenvalue weighted by Gasteiger charge is -2.36. The number of amides is 1. The summed E-state index contributed by atoms with van der Waals surface area (Å²) < 4.78 is 0.